The molecule has 0 unspecified atom stereocenters. The fourth-order valence-corrected chi connectivity index (χ4v) is 3.92. The molecule has 0 spiro atoms. The highest BCUT2D eigenvalue weighted by Gasteiger charge is 2.23. The van der Waals surface area contributed by atoms with Crippen LogP contribution in [0.4, 0.5) is 11.5 Å². The summed E-state index contributed by atoms with van der Waals surface area (Å²) >= 11 is 0. The normalized spacial score (nSPS) is 17.1. The van der Waals surface area contributed by atoms with Crippen LogP contribution in [0, 0.1) is 0 Å². The molecule has 0 bridgehead atoms. The van der Waals surface area contributed by atoms with E-state index in [0.29, 0.717) is 32.0 Å². The number of anilines is 2. The van der Waals surface area contributed by atoms with Gasteiger partial charge in [-0.25, -0.2) is 19.6 Å². The molecule has 1 amide bonds. The number of morpholine rings is 1. The Morgan fingerprint density at radius 3 is 2.29 bits per heavy atom. The summed E-state index contributed by atoms with van der Waals surface area (Å²) in [6, 6.07) is 9.79. The Hall–Kier alpha value is -3.53. The van der Waals surface area contributed by atoms with Crippen LogP contribution in [0.25, 0.3) is 5.82 Å². The third kappa shape index (κ3) is 4.19. The topological polar surface area (TPSA) is 92.5 Å². The van der Waals surface area contributed by atoms with Crippen LogP contribution in [-0.4, -0.2) is 88.0 Å². The van der Waals surface area contributed by atoms with Gasteiger partial charge in [-0.15, -0.1) is 0 Å². The molecule has 2 fully saturated rings. The molecule has 10 nitrogen and oxygen atoms in total. The average molecular weight is 420 g/mol. The molecule has 31 heavy (non-hydrogen) atoms. The molecule has 0 atom stereocenters. The number of amides is 1. The van der Waals surface area contributed by atoms with Crippen molar-refractivity contribution in [2.75, 3.05) is 62.3 Å². The molecule has 3 aromatic rings. The van der Waals surface area contributed by atoms with E-state index in [0.717, 1.165) is 43.4 Å². The van der Waals surface area contributed by atoms with Crippen LogP contribution in [0.1, 0.15) is 10.4 Å². The Morgan fingerprint density at radius 1 is 0.839 bits per heavy atom. The molecular weight excluding hydrogens is 396 g/mol. The summed E-state index contributed by atoms with van der Waals surface area (Å²) < 4.78 is 7.01. The number of hydrogen-bond donors (Lipinski definition) is 0. The fraction of sp³-hybridized carbons (Fsp3) is 0.381. The lowest BCUT2D eigenvalue weighted by molar-refractivity contribution is 0.0746. The number of aromatic nitrogens is 5. The summed E-state index contributed by atoms with van der Waals surface area (Å²) in [7, 11) is 0. The molecule has 0 radical (unpaired) electrons. The maximum absolute atomic E-state index is 13.0. The fourth-order valence-electron chi connectivity index (χ4n) is 3.92. The second-order valence-electron chi connectivity index (χ2n) is 7.50. The molecule has 2 aromatic heterocycles. The van der Waals surface area contributed by atoms with Gasteiger partial charge in [0, 0.05) is 56.6 Å². The zero-order valence-electron chi connectivity index (χ0n) is 17.2. The van der Waals surface area contributed by atoms with Crippen molar-refractivity contribution in [3.8, 4) is 5.82 Å². The van der Waals surface area contributed by atoms with Crippen molar-refractivity contribution in [1.82, 2.24) is 29.6 Å². The van der Waals surface area contributed by atoms with Crippen LogP contribution in [0.2, 0.25) is 0 Å². The highest BCUT2D eigenvalue weighted by atomic mass is 16.5. The number of hydrogen-bond acceptors (Lipinski definition) is 8. The summed E-state index contributed by atoms with van der Waals surface area (Å²) in [4.78, 5) is 31.9. The lowest BCUT2D eigenvalue weighted by atomic mass is 10.1. The largest absolute Gasteiger partial charge is 0.378 e. The van der Waals surface area contributed by atoms with E-state index in [-0.39, 0.29) is 5.91 Å². The second kappa shape index (κ2) is 8.68. The van der Waals surface area contributed by atoms with Gasteiger partial charge in [-0.2, -0.15) is 5.10 Å². The number of rotatable bonds is 4. The lowest BCUT2D eigenvalue weighted by Crippen LogP contribution is -2.49. The van der Waals surface area contributed by atoms with Crippen molar-refractivity contribution in [2.45, 2.75) is 0 Å². The van der Waals surface area contributed by atoms with Crippen molar-refractivity contribution < 1.29 is 9.53 Å². The monoisotopic (exact) mass is 420 g/mol. The molecular formula is C21H24N8O2. The van der Waals surface area contributed by atoms with E-state index in [9.17, 15) is 4.79 Å². The minimum absolute atomic E-state index is 0.0687. The second-order valence-corrected chi connectivity index (χ2v) is 7.50. The smallest absolute Gasteiger partial charge is 0.253 e. The van der Waals surface area contributed by atoms with Gasteiger partial charge < -0.3 is 19.4 Å². The maximum Gasteiger partial charge on any atom is 0.253 e. The Labute approximate surface area is 180 Å². The molecule has 160 valence electrons. The van der Waals surface area contributed by atoms with E-state index in [1.165, 1.54) is 12.7 Å². The molecule has 2 aliphatic rings. The summed E-state index contributed by atoms with van der Waals surface area (Å²) in [5.41, 5.74) is 1.86. The average Bonchev–Trinajstić information content (AvgIpc) is 3.40. The molecule has 2 aliphatic heterocycles. The zero-order valence-corrected chi connectivity index (χ0v) is 17.2. The molecule has 0 saturated carbocycles. The SMILES string of the molecule is O=C(c1ccc(N2CCOCC2)cc1)N1CCN(c2cc(-n3cncn3)ncn2)CC1. The summed E-state index contributed by atoms with van der Waals surface area (Å²) in [5, 5.41) is 4.11. The first-order valence-electron chi connectivity index (χ1n) is 10.4. The van der Waals surface area contributed by atoms with Gasteiger partial charge in [-0.3, -0.25) is 4.79 Å². The Morgan fingerprint density at radius 2 is 1.58 bits per heavy atom. The molecule has 2 saturated heterocycles. The van der Waals surface area contributed by atoms with Gasteiger partial charge in [-0.05, 0) is 24.3 Å². The molecule has 0 N–H and O–H groups in total. The van der Waals surface area contributed by atoms with E-state index in [1.54, 1.807) is 11.0 Å². The predicted molar refractivity (Wildman–Crippen MR) is 115 cm³/mol. The number of benzene rings is 1. The van der Waals surface area contributed by atoms with Crippen molar-refractivity contribution in [1.29, 1.82) is 0 Å². The number of carbonyl (C=O) groups excluding carboxylic acids is 1. The quantitative estimate of drug-likeness (QED) is 0.614. The van der Waals surface area contributed by atoms with Gasteiger partial charge in [0.1, 0.15) is 24.8 Å². The van der Waals surface area contributed by atoms with E-state index >= 15 is 0 Å². The summed E-state index contributed by atoms with van der Waals surface area (Å²) in [6.45, 7) is 5.99. The number of carbonyl (C=O) groups is 1. The van der Waals surface area contributed by atoms with E-state index in [1.807, 2.05) is 35.2 Å². The molecule has 4 heterocycles. The minimum Gasteiger partial charge on any atom is -0.378 e. The highest BCUT2D eigenvalue weighted by molar-refractivity contribution is 5.94. The lowest BCUT2D eigenvalue weighted by Gasteiger charge is -2.35. The van der Waals surface area contributed by atoms with Crippen molar-refractivity contribution in [3.63, 3.8) is 0 Å². The Kier molecular flexibility index (Phi) is 5.44. The van der Waals surface area contributed by atoms with Crippen LogP contribution in [-0.2, 0) is 4.74 Å². The van der Waals surface area contributed by atoms with Crippen molar-refractivity contribution >= 4 is 17.4 Å². The Balaban J connectivity index is 1.20. The van der Waals surface area contributed by atoms with Gasteiger partial charge in [0.05, 0.1) is 13.2 Å². The van der Waals surface area contributed by atoms with Crippen LogP contribution in [0.15, 0.2) is 49.3 Å². The van der Waals surface area contributed by atoms with E-state index in [4.69, 9.17) is 4.74 Å². The van der Waals surface area contributed by atoms with E-state index < -0.39 is 0 Å². The molecule has 1 aromatic carbocycles. The van der Waals surface area contributed by atoms with Crippen LogP contribution in [0.5, 0.6) is 0 Å². The van der Waals surface area contributed by atoms with Gasteiger partial charge in [-0.1, -0.05) is 0 Å². The van der Waals surface area contributed by atoms with Gasteiger partial charge in [0.25, 0.3) is 5.91 Å². The maximum atomic E-state index is 13.0. The Bertz CT molecular complexity index is 1010. The summed E-state index contributed by atoms with van der Waals surface area (Å²) in [5.74, 6) is 1.56. The molecule has 10 heteroatoms. The van der Waals surface area contributed by atoms with Crippen LogP contribution >= 0.6 is 0 Å². The first kappa shape index (κ1) is 19.4. The van der Waals surface area contributed by atoms with Gasteiger partial charge in [0.2, 0.25) is 0 Å². The first-order valence-corrected chi connectivity index (χ1v) is 10.4. The minimum atomic E-state index is 0.0687. The third-order valence-electron chi connectivity index (χ3n) is 5.67. The van der Waals surface area contributed by atoms with Crippen LogP contribution < -0.4 is 9.80 Å². The summed E-state index contributed by atoms with van der Waals surface area (Å²) in [6.07, 6.45) is 4.60. The van der Waals surface area contributed by atoms with Crippen molar-refractivity contribution in [3.05, 3.63) is 54.9 Å². The molecule has 0 aliphatic carbocycles. The zero-order chi connectivity index (χ0) is 21.0. The predicted octanol–water partition coefficient (Wildman–Crippen LogP) is 0.856. The standard InChI is InChI=1S/C21H24N8O2/c30-21(17-1-3-18(4-2-17)26-9-11-31-12-10-26)28-7-5-27(6-8-28)19-13-20(24-15-23-19)29-16-22-14-25-29/h1-4,13-16H,5-12H2. The van der Waals surface area contributed by atoms with Crippen molar-refractivity contribution in [2.24, 2.45) is 0 Å². The van der Waals surface area contributed by atoms with E-state index in [2.05, 4.69) is 29.9 Å². The van der Waals surface area contributed by atoms with Crippen LogP contribution in [0.3, 0.4) is 0 Å². The third-order valence-corrected chi connectivity index (χ3v) is 5.67. The van der Waals surface area contributed by atoms with Gasteiger partial charge in [0.15, 0.2) is 5.82 Å². The molecule has 5 rings (SSSR count). The van der Waals surface area contributed by atoms with Gasteiger partial charge >= 0.3 is 0 Å². The number of piperazine rings is 1. The highest BCUT2D eigenvalue weighted by Crippen LogP contribution is 2.20. The first-order chi connectivity index (χ1) is 15.3. The number of ether oxygens (including phenoxy) is 1. The number of nitrogens with zero attached hydrogens (tertiary/aromatic N) is 8.